The molecule has 3 aromatic rings. The number of aryl methyl sites for hydroxylation is 1. The Morgan fingerprint density at radius 3 is 2.38 bits per heavy atom. The molecule has 176 valence electrons. The second-order valence-electron chi connectivity index (χ2n) is 8.00. The van der Waals surface area contributed by atoms with Crippen molar-refractivity contribution < 1.29 is 18.0 Å². The number of carbonyl (C=O) groups is 2. The molecule has 1 heterocycles. The fourth-order valence-electron chi connectivity index (χ4n) is 3.91. The number of benzene rings is 3. The highest BCUT2D eigenvalue weighted by Gasteiger charge is 2.27. The molecule has 0 aromatic heterocycles. The first-order valence-electron chi connectivity index (χ1n) is 10.8. The molecule has 4 rings (SSSR count). The Morgan fingerprint density at radius 1 is 1.06 bits per heavy atom. The van der Waals surface area contributed by atoms with Gasteiger partial charge in [-0.2, -0.15) is 0 Å². The number of hydrogen-bond acceptors (Lipinski definition) is 4. The van der Waals surface area contributed by atoms with Gasteiger partial charge in [0.05, 0.1) is 10.6 Å². The summed E-state index contributed by atoms with van der Waals surface area (Å²) in [5.74, 6) is -0.413. The maximum atomic E-state index is 13.4. The number of rotatable bonds is 7. The summed E-state index contributed by atoms with van der Waals surface area (Å²) in [6.45, 7) is 2.12. The average Bonchev–Trinajstić information content (AvgIpc) is 3.24. The largest absolute Gasteiger partial charge is 0.325 e. The Labute approximate surface area is 204 Å². The van der Waals surface area contributed by atoms with E-state index in [0.29, 0.717) is 29.4 Å². The van der Waals surface area contributed by atoms with Crippen LogP contribution in [0.2, 0.25) is 5.02 Å². The van der Waals surface area contributed by atoms with Crippen LogP contribution in [0, 0.1) is 6.92 Å². The van der Waals surface area contributed by atoms with Gasteiger partial charge in [-0.1, -0.05) is 29.8 Å². The number of sulfonamides is 1. The molecule has 0 bridgehead atoms. The molecule has 0 spiro atoms. The van der Waals surface area contributed by atoms with Gasteiger partial charge in [-0.05, 0) is 73.5 Å². The summed E-state index contributed by atoms with van der Waals surface area (Å²) >= 11 is 5.97. The molecule has 9 heteroatoms. The third-order valence-corrected chi connectivity index (χ3v) is 7.62. The zero-order valence-electron chi connectivity index (χ0n) is 18.6. The minimum absolute atomic E-state index is 0.0771. The molecule has 34 heavy (non-hydrogen) atoms. The van der Waals surface area contributed by atoms with E-state index in [-0.39, 0.29) is 10.8 Å². The minimum Gasteiger partial charge on any atom is -0.325 e. The van der Waals surface area contributed by atoms with Crippen LogP contribution in [0.1, 0.15) is 18.4 Å². The summed E-state index contributed by atoms with van der Waals surface area (Å²) in [5.41, 5.74) is 2.50. The number of hydrogen-bond donors (Lipinski definition) is 1. The molecule has 1 aliphatic rings. The van der Waals surface area contributed by atoms with E-state index >= 15 is 0 Å². The van der Waals surface area contributed by atoms with Gasteiger partial charge in [-0.25, -0.2) is 8.42 Å². The van der Waals surface area contributed by atoms with E-state index in [9.17, 15) is 18.0 Å². The predicted molar refractivity (Wildman–Crippen MR) is 134 cm³/mol. The van der Waals surface area contributed by atoms with Crippen LogP contribution < -0.4 is 14.5 Å². The van der Waals surface area contributed by atoms with Gasteiger partial charge in [0.1, 0.15) is 6.54 Å². The molecule has 1 saturated heterocycles. The quantitative estimate of drug-likeness (QED) is 0.516. The zero-order valence-corrected chi connectivity index (χ0v) is 20.1. The molecule has 3 aromatic carbocycles. The maximum absolute atomic E-state index is 13.4. The van der Waals surface area contributed by atoms with E-state index in [0.717, 1.165) is 22.0 Å². The van der Waals surface area contributed by atoms with Gasteiger partial charge in [0.25, 0.3) is 10.0 Å². The summed E-state index contributed by atoms with van der Waals surface area (Å²) < 4.78 is 27.8. The lowest BCUT2D eigenvalue weighted by atomic mass is 10.1. The van der Waals surface area contributed by atoms with E-state index < -0.39 is 22.5 Å². The number of carbonyl (C=O) groups excluding carboxylic acids is 2. The Hall–Kier alpha value is -3.36. The van der Waals surface area contributed by atoms with Gasteiger partial charge >= 0.3 is 0 Å². The van der Waals surface area contributed by atoms with Crippen LogP contribution in [0.3, 0.4) is 0 Å². The molecule has 0 unspecified atom stereocenters. The molecule has 2 amide bonds. The monoisotopic (exact) mass is 497 g/mol. The molecule has 0 atom stereocenters. The Kier molecular flexibility index (Phi) is 6.90. The highest BCUT2D eigenvalue weighted by molar-refractivity contribution is 7.92. The Morgan fingerprint density at radius 2 is 1.76 bits per heavy atom. The highest BCUT2D eigenvalue weighted by atomic mass is 35.5. The molecular formula is C25H24ClN3O4S. The first-order valence-corrected chi connectivity index (χ1v) is 12.6. The third-order valence-electron chi connectivity index (χ3n) is 5.58. The third kappa shape index (κ3) is 5.08. The summed E-state index contributed by atoms with van der Waals surface area (Å²) in [5, 5.41) is 3.23. The molecule has 7 nitrogen and oxygen atoms in total. The number of anilines is 3. The van der Waals surface area contributed by atoms with Gasteiger partial charge in [0.2, 0.25) is 11.8 Å². The summed E-state index contributed by atoms with van der Waals surface area (Å²) in [7, 11) is -4.00. The first-order chi connectivity index (χ1) is 16.3. The number of nitrogens with one attached hydrogen (secondary N) is 1. The standard InChI is InChI=1S/C25H24ClN3O4S/c1-18-16-20(11-14-23(18)28-15-5-8-25(28)31)27-24(30)17-29(21-12-9-19(26)10-13-21)34(32,33)22-6-3-2-4-7-22/h2-4,6-7,9-14,16H,5,8,15,17H2,1H3,(H,27,30). The predicted octanol–water partition coefficient (Wildman–Crippen LogP) is 4.61. The fraction of sp³-hybridized carbons (Fsp3) is 0.200. The minimum atomic E-state index is -4.00. The molecule has 1 N–H and O–H groups in total. The van der Waals surface area contributed by atoms with Crippen molar-refractivity contribution in [3.05, 3.63) is 83.4 Å². The van der Waals surface area contributed by atoms with Crippen LogP contribution in [0.25, 0.3) is 0 Å². The molecule has 0 radical (unpaired) electrons. The molecular weight excluding hydrogens is 474 g/mol. The summed E-state index contributed by atoms with van der Waals surface area (Å²) in [6, 6.07) is 19.5. The summed E-state index contributed by atoms with van der Waals surface area (Å²) in [4.78, 5) is 26.8. The first kappa shape index (κ1) is 23.8. The Balaban J connectivity index is 1.57. The van der Waals surface area contributed by atoms with Crippen molar-refractivity contribution >= 4 is 50.5 Å². The van der Waals surface area contributed by atoms with Gasteiger partial charge in [-0.3, -0.25) is 13.9 Å². The van der Waals surface area contributed by atoms with Crippen LogP contribution in [-0.2, 0) is 19.6 Å². The number of nitrogens with zero attached hydrogens (tertiary/aromatic N) is 2. The normalized spacial score (nSPS) is 13.7. The second-order valence-corrected chi connectivity index (χ2v) is 10.3. The summed E-state index contributed by atoms with van der Waals surface area (Å²) in [6.07, 6.45) is 1.36. The SMILES string of the molecule is Cc1cc(NC(=O)CN(c2ccc(Cl)cc2)S(=O)(=O)c2ccccc2)ccc1N1CCCC1=O. The lowest BCUT2D eigenvalue weighted by Gasteiger charge is -2.24. The van der Waals surface area contributed by atoms with Crippen molar-refractivity contribution in [2.75, 3.05) is 27.6 Å². The van der Waals surface area contributed by atoms with Gasteiger partial charge in [-0.15, -0.1) is 0 Å². The van der Waals surface area contributed by atoms with Crippen molar-refractivity contribution in [2.45, 2.75) is 24.7 Å². The fourth-order valence-corrected chi connectivity index (χ4v) is 5.48. The molecule has 1 fully saturated rings. The van der Waals surface area contributed by atoms with Crippen LogP contribution in [-0.4, -0.2) is 33.3 Å². The van der Waals surface area contributed by atoms with E-state index in [1.165, 1.54) is 12.1 Å². The molecule has 0 saturated carbocycles. The van der Waals surface area contributed by atoms with Crippen molar-refractivity contribution in [3.63, 3.8) is 0 Å². The van der Waals surface area contributed by atoms with E-state index in [1.807, 2.05) is 6.92 Å². The smallest absolute Gasteiger partial charge is 0.264 e. The van der Waals surface area contributed by atoms with E-state index in [2.05, 4.69) is 5.32 Å². The van der Waals surface area contributed by atoms with Crippen LogP contribution in [0.4, 0.5) is 17.1 Å². The topological polar surface area (TPSA) is 86.8 Å². The van der Waals surface area contributed by atoms with Gasteiger partial charge in [0, 0.05) is 29.4 Å². The van der Waals surface area contributed by atoms with Crippen LogP contribution in [0.5, 0.6) is 0 Å². The van der Waals surface area contributed by atoms with Crippen molar-refractivity contribution in [3.8, 4) is 0 Å². The number of halogens is 1. The van der Waals surface area contributed by atoms with Crippen molar-refractivity contribution in [2.24, 2.45) is 0 Å². The second kappa shape index (κ2) is 9.87. The molecule has 1 aliphatic heterocycles. The van der Waals surface area contributed by atoms with Crippen molar-refractivity contribution in [1.29, 1.82) is 0 Å². The highest BCUT2D eigenvalue weighted by Crippen LogP contribution is 2.28. The van der Waals surface area contributed by atoms with Crippen LogP contribution in [0.15, 0.2) is 77.7 Å². The average molecular weight is 498 g/mol. The van der Waals surface area contributed by atoms with E-state index in [1.54, 1.807) is 65.6 Å². The van der Waals surface area contributed by atoms with Crippen LogP contribution >= 0.6 is 11.6 Å². The lowest BCUT2D eigenvalue weighted by Crippen LogP contribution is -2.38. The lowest BCUT2D eigenvalue weighted by molar-refractivity contribution is -0.117. The zero-order chi connectivity index (χ0) is 24.3. The maximum Gasteiger partial charge on any atom is 0.264 e. The Bertz CT molecular complexity index is 1310. The van der Waals surface area contributed by atoms with Gasteiger partial charge in [0.15, 0.2) is 0 Å². The molecule has 0 aliphatic carbocycles. The number of amides is 2. The van der Waals surface area contributed by atoms with E-state index in [4.69, 9.17) is 11.6 Å². The van der Waals surface area contributed by atoms with Crippen molar-refractivity contribution in [1.82, 2.24) is 0 Å². The van der Waals surface area contributed by atoms with Gasteiger partial charge < -0.3 is 10.2 Å².